The van der Waals surface area contributed by atoms with Gasteiger partial charge in [-0.25, -0.2) is 9.50 Å². The van der Waals surface area contributed by atoms with Gasteiger partial charge < -0.3 is 0 Å². The fourth-order valence-electron chi connectivity index (χ4n) is 1.05. The molecule has 0 unspecified atom stereocenters. The molecular formula is C7H7N3S. The molecule has 4 heteroatoms. The molecule has 11 heavy (non-hydrogen) atoms. The van der Waals surface area contributed by atoms with Crippen molar-refractivity contribution in [2.75, 3.05) is 0 Å². The van der Waals surface area contributed by atoms with Gasteiger partial charge in [-0.2, -0.15) is 5.10 Å². The third-order valence-electron chi connectivity index (χ3n) is 1.52. The first-order valence-electron chi connectivity index (χ1n) is 3.28. The number of thiol groups is 1. The Labute approximate surface area is 69.5 Å². The summed E-state index contributed by atoms with van der Waals surface area (Å²) in [6.07, 6.45) is 1.72. The van der Waals surface area contributed by atoms with Crippen LogP contribution in [0.15, 0.2) is 23.4 Å². The molecule has 0 radical (unpaired) electrons. The van der Waals surface area contributed by atoms with E-state index in [1.54, 1.807) is 10.7 Å². The first kappa shape index (κ1) is 6.67. The third-order valence-corrected chi connectivity index (χ3v) is 1.75. The second-order valence-electron chi connectivity index (χ2n) is 2.36. The highest BCUT2D eigenvalue weighted by atomic mass is 32.1. The average Bonchev–Trinajstić information content (AvgIpc) is 2.34. The Balaban J connectivity index is 2.91. The van der Waals surface area contributed by atoms with Crippen LogP contribution in [0.2, 0.25) is 0 Å². The molecule has 0 amide bonds. The van der Waals surface area contributed by atoms with Gasteiger partial charge in [-0.3, -0.25) is 0 Å². The van der Waals surface area contributed by atoms with Gasteiger partial charge in [-0.1, -0.05) is 0 Å². The molecule has 0 bridgehead atoms. The van der Waals surface area contributed by atoms with Gasteiger partial charge in [0.1, 0.15) is 0 Å². The van der Waals surface area contributed by atoms with Gasteiger partial charge in [0, 0.05) is 11.8 Å². The van der Waals surface area contributed by atoms with Crippen molar-refractivity contribution in [2.24, 2.45) is 0 Å². The summed E-state index contributed by atoms with van der Waals surface area (Å²) in [5.41, 5.74) is 1.89. The monoisotopic (exact) mass is 165 g/mol. The van der Waals surface area contributed by atoms with Gasteiger partial charge in [-0.05, 0) is 13.0 Å². The van der Waals surface area contributed by atoms with Crippen LogP contribution in [0.3, 0.4) is 0 Å². The summed E-state index contributed by atoms with van der Waals surface area (Å²) in [7, 11) is 0. The molecule has 0 atom stereocenters. The van der Waals surface area contributed by atoms with Crippen molar-refractivity contribution in [1.82, 2.24) is 14.6 Å². The topological polar surface area (TPSA) is 30.2 Å². The molecule has 0 aromatic carbocycles. The molecule has 56 valence electrons. The molecule has 2 aromatic rings. The second kappa shape index (κ2) is 2.23. The Hall–Kier alpha value is -1.03. The van der Waals surface area contributed by atoms with Crippen LogP contribution in [-0.2, 0) is 0 Å². The number of rotatable bonds is 0. The Kier molecular flexibility index (Phi) is 1.35. The standard InChI is InChI=1S/C7H7N3S/c1-5-4-7(11)9-6-2-3-8-10(5)6/h2-4H,1H3,(H,9,11). The van der Waals surface area contributed by atoms with Gasteiger partial charge in [-0.15, -0.1) is 12.6 Å². The molecule has 0 spiro atoms. The maximum absolute atomic E-state index is 4.16. The van der Waals surface area contributed by atoms with Crippen LogP contribution >= 0.6 is 12.6 Å². The molecule has 0 fully saturated rings. The average molecular weight is 165 g/mol. The Morgan fingerprint density at radius 1 is 1.55 bits per heavy atom. The predicted molar refractivity (Wildman–Crippen MR) is 45.0 cm³/mol. The summed E-state index contributed by atoms with van der Waals surface area (Å²) in [5, 5.41) is 4.81. The van der Waals surface area contributed by atoms with Crippen molar-refractivity contribution in [2.45, 2.75) is 11.9 Å². The van der Waals surface area contributed by atoms with E-state index in [1.807, 2.05) is 19.1 Å². The minimum absolute atomic E-state index is 0.732. The lowest BCUT2D eigenvalue weighted by atomic mass is 10.4. The molecule has 2 heterocycles. The number of hydrogen-bond acceptors (Lipinski definition) is 3. The highest BCUT2D eigenvalue weighted by Gasteiger charge is 1.98. The minimum atomic E-state index is 0.732. The van der Waals surface area contributed by atoms with Crippen LogP contribution in [0.25, 0.3) is 5.65 Å². The van der Waals surface area contributed by atoms with E-state index in [-0.39, 0.29) is 0 Å². The number of nitrogens with zero attached hydrogens (tertiary/aromatic N) is 3. The van der Waals surface area contributed by atoms with Crippen LogP contribution in [0.5, 0.6) is 0 Å². The second-order valence-corrected chi connectivity index (χ2v) is 2.82. The van der Waals surface area contributed by atoms with E-state index < -0.39 is 0 Å². The van der Waals surface area contributed by atoms with Crippen LogP contribution < -0.4 is 0 Å². The Bertz CT molecular complexity index is 393. The van der Waals surface area contributed by atoms with Gasteiger partial charge in [0.2, 0.25) is 0 Å². The number of fused-ring (bicyclic) bond motifs is 1. The van der Waals surface area contributed by atoms with Gasteiger partial charge in [0.25, 0.3) is 0 Å². The van der Waals surface area contributed by atoms with Gasteiger partial charge in [0.15, 0.2) is 5.65 Å². The molecule has 0 aliphatic rings. The van der Waals surface area contributed by atoms with Crippen molar-refractivity contribution in [3.8, 4) is 0 Å². The smallest absolute Gasteiger partial charge is 0.156 e. The predicted octanol–water partition coefficient (Wildman–Crippen LogP) is 1.33. The first-order chi connectivity index (χ1) is 5.27. The van der Waals surface area contributed by atoms with Crippen molar-refractivity contribution >= 4 is 18.3 Å². The van der Waals surface area contributed by atoms with Crippen LogP contribution in [0.1, 0.15) is 5.69 Å². The molecule has 2 aromatic heterocycles. The van der Waals surface area contributed by atoms with Gasteiger partial charge in [0.05, 0.1) is 11.2 Å². The Morgan fingerprint density at radius 2 is 2.36 bits per heavy atom. The molecule has 0 N–H and O–H groups in total. The summed E-state index contributed by atoms with van der Waals surface area (Å²) in [6, 6.07) is 3.73. The summed E-state index contributed by atoms with van der Waals surface area (Å²) >= 11 is 4.15. The van der Waals surface area contributed by atoms with Crippen molar-refractivity contribution in [1.29, 1.82) is 0 Å². The highest BCUT2D eigenvalue weighted by molar-refractivity contribution is 7.80. The number of hydrogen-bond donors (Lipinski definition) is 1. The zero-order valence-corrected chi connectivity index (χ0v) is 6.92. The quantitative estimate of drug-likeness (QED) is 0.471. The largest absolute Gasteiger partial charge is 0.222 e. The molecule has 0 aliphatic heterocycles. The molecule has 0 aliphatic carbocycles. The maximum atomic E-state index is 4.16. The normalized spacial score (nSPS) is 10.7. The van der Waals surface area contributed by atoms with Crippen molar-refractivity contribution < 1.29 is 0 Å². The van der Waals surface area contributed by atoms with E-state index in [9.17, 15) is 0 Å². The van der Waals surface area contributed by atoms with E-state index in [4.69, 9.17) is 0 Å². The van der Waals surface area contributed by atoms with Crippen LogP contribution in [-0.4, -0.2) is 14.6 Å². The van der Waals surface area contributed by atoms with E-state index >= 15 is 0 Å². The highest BCUT2D eigenvalue weighted by Crippen LogP contribution is 2.08. The van der Waals surface area contributed by atoms with E-state index in [0.29, 0.717) is 0 Å². The zero-order chi connectivity index (χ0) is 7.84. The zero-order valence-electron chi connectivity index (χ0n) is 6.02. The van der Waals surface area contributed by atoms with Crippen LogP contribution in [0, 0.1) is 6.92 Å². The molecule has 2 rings (SSSR count). The first-order valence-corrected chi connectivity index (χ1v) is 3.72. The van der Waals surface area contributed by atoms with Crippen molar-refractivity contribution in [3.63, 3.8) is 0 Å². The number of aromatic nitrogens is 3. The lowest BCUT2D eigenvalue weighted by Gasteiger charge is -1.98. The molecule has 0 saturated heterocycles. The minimum Gasteiger partial charge on any atom is -0.222 e. The Morgan fingerprint density at radius 3 is 3.18 bits per heavy atom. The number of aryl methyl sites for hydroxylation is 1. The maximum Gasteiger partial charge on any atom is 0.156 e. The summed E-state index contributed by atoms with van der Waals surface area (Å²) in [5.74, 6) is 0. The van der Waals surface area contributed by atoms with Gasteiger partial charge >= 0.3 is 0 Å². The summed E-state index contributed by atoms with van der Waals surface area (Å²) < 4.78 is 1.78. The van der Waals surface area contributed by atoms with E-state index in [2.05, 4.69) is 22.7 Å². The molecule has 3 nitrogen and oxygen atoms in total. The summed E-state index contributed by atoms with van der Waals surface area (Å²) in [6.45, 7) is 1.97. The summed E-state index contributed by atoms with van der Waals surface area (Å²) in [4.78, 5) is 4.16. The fraction of sp³-hybridized carbons (Fsp3) is 0.143. The van der Waals surface area contributed by atoms with Crippen molar-refractivity contribution in [3.05, 3.63) is 24.0 Å². The lowest BCUT2D eigenvalue weighted by molar-refractivity contribution is 0.873. The molecular weight excluding hydrogens is 158 g/mol. The molecule has 0 saturated carbocycles. The van der Waals surface area contributed by atoms with E-state index in [1.165, 1.54) is 0 Å². The SMILES string of the molecule is Cc1cc(S)nc2ccnn12. The fourth-order valence-corrected chi connectivity index (χ4v) is 1.34. The van der Waals surface area contributed by atoms with E-state index in [0.717, 1.165) is 16.4 Å². The van der Waals surface area contributed by atoms with Crippen LogP contribution in [0.4, 0.5) is 0 Å². The third kappa shape index (κ3) is 0.991. The lowest BCUT2D eigenvalue weighted by Crippen LogP contribution is -1.94.